The first-order valence-electron chi connectivity index (χ1n) is 7.15. The predicted octanol–water partition coefficient (Wildman–Crippen LogP) is 4.77. The Kier molecular flexibility index (Phi) is 4.97. The van der Waals surface area contributed by atoms with Crippen LogP contribution in [-0.4, -0.2) is 11.1 Å². The van der Waals surface area contributed by atoms with Crippen LogP contribution in [0.5, 0.6) is 0 Å². The average Bonchev–Trinajstić information content (AvgIpc) is 2.49. The van der Waals surface area contributed by atoms with Gasteiger partial charge in [0.25, 0.3) is 0 Å². The summed E-state index contributed by atoms with van der Waals surface area (Å²) < 4.78 is 37.8. The summed E-state index contributed by atoms with van der Waals surface area (Å²) in [5, 5.41) is 11.8. The lowest BCUT2D eigenvalue weighted by Crippen LogP contribution is -2.10. The molecule has 1 aromatic carbocycles. The largest absolute Gasteiger partial charge is 0.478 e. The van der Waals surface area contributed by atoms with Gasteiger partial charge in [-0.1, -0.05) is 19.6 Å². The number of hydrogen-bond acceptors (Lipinski definition) is 2. The highest BCUT2D eigenvalue weighted by Gasteiger charge is 2.30. The van der Waals surface area contributed by atoms with Gasteiger partial charge in [0, 0.05) is 23.4 Å². The van der Waals surface area contributed by atoms with Gasteiger partial charge in [0.2, 0.25) is 0 Å². The first-order valence-corrected chi connectivity index (χ1v) is 7.15. The van der Waals surface area contributed by atoms with Crippen LogP contribution < -0.4 is 5.32 Å². The van der Waals surface area contributed by atoms with E-state index in [2.05, 4.69) is 11.9 Å². The summed E-state index contributed by atoms with van der Waals surface area (Å²) in [7, 11) is 0. The second-order valence-corrected chi connectivity index (χ2v) is 5.42. The van der Waals surface area contributed by atoms with Crippen LogP contribution in [0.2, 0.25) is 0 Å². The number of carboxylic acid groups (broad SMARTS) is 1. The number of alkyl halides is 3. The van der Waals surface area contributed by atoms with Gasteiger partial charge in [-0.15, -0.1) is 0 Å². The van der Waals surface area contributed by atoms with E-state index in [9.17, 15) is 18.0 Å². The molecule has 1 aliphatic carbocycles. The van der Waals surface area contributed by atoms with Crippen molar-refractivity contribution in [1.29, 1.82) is 0 Å². The number of halogens is 3. The Bertz CT molecular complexity index is 741. The molecule has 0 spiro atoms. The van der Waals surface area contributed by atoms with Crippen LogP contribution in [0.4, 0.5) is 18.9 Å². The van der Waals surface area contributed by atoms with Gasteiger partial charge in [-0.05, 0) is 47.6 Å². The van der Waals surface area contributed by atoms with Crippen molar-refractivity contribution in [3.63, 3.8) is 0 Å². The Morgan fingerprint density at radius 1 is 1.29 bits per heavy atom. The van der Waals surface area contributed by atoms with Crippen LogP contribution >= 0.6 is 0 Å². The van der Waals surface area contributed by atoms with Gasteiger partial charge in [0.05, 0.1) is 5.56 Å². The fraction of sp³-hybridized carbons (Fsp3) is 0.167. The van der Waals surface area contributed by atoms with E-state index >= 15 is 0 Å². The van der Waals surface area contributed by atoms with E-state index in [1.165, 1.54) is 18.2 Å². The molecule has 1 unspecified atom stereocenters. The molecule has 1 atom stereocenters. The van der Waals surface area contributed by atoms with Crippen molar-refractivity contribution in [1.82, 2.24) is 0 Å². The van der Waals surface area contributed by atoms with Crippen molar-refractivity contribution in [2.75, 3.05) is 5.32 Å². The summed E-state index contributed by atoms with van der Waals surface area (Å²) in [6.07, 6.45) is 1.63. The Morgan fingerprint density at radius 3 is 2.46 bits per heavy atom. The van der Waals surface area contributed by atoms with Crippen molar-refractivity contribution < 1.29 is 23.1 Å². The molecule has 0 aliphatic heterocycles. The van der Waals surface area contributed by atoms with Gasteiger partial charge >= 0.3 is 12.1 Å². The fourth-order valence-corrected chi connectivity index (χ4v) is 2.17. The number of rotatable bonds is 4. The number of carboxylic acids is 1. The number of carbonyl (C=O) groups is 1. The highest BCUT2D eigenvalue weighted by atomic mass is 19.4. The van der Waals surface area contributed by atoms with Gasteiger partial charge in [0.15, 0.2) is 0 Å². The van der Waals surface area contributed by atoms with Crippen LogP contribution in [0.1, 0.15) is 12.5 Å². The van der Waals surface area contributed by atoms with Crippen molar-refractivity contribution in [3.8, 4) is 0 Å². The first-order chi connectivity index (χ1) is 11.2. The van der Waals surface area contributed by atoms with E-state index in [0.717, 1.165) is 23.8 Å². The third-order valence-corrected chi connectivity index (χ3v) is 3.55. The van der Waals surface area contributed by atoms with E-state index in [1.807, 2.05) is 13.0 Å². The Hall–Kier alpha value is -2.76. The normalized spacial score (nSPS) is 18.3. The fourth-order valence-electron chi connectivity index (χ4n) is 2.17. The monoisotopic (exact) mass is 335 g/mol. The van der Waals surface area contributed by atoms with Crippen molar-refractivity contribution in [2.45, 2.75) is 13.1 Å². The molecule has 24 heavy (non-hydrogen) atoms. The molecular formula is C18H16F3NO2. The van der Waals surface area contributed by atoms with Crippen LogP contribution in [-0.2, 0) is 11.0 Å². The van der Waals surface area contributed by atoms with Gasteiger partial charge in [-0.3, -0.25) is 0 Å². The van der Waals surface area contributed by atoms with Gasteiger partial charge in [-0.25, -0.2) is 4.79 Å². The minimum Gasteiger partial charge on any atom is -0.478 e. The number of benzene rings is 1. The second kappa shape index (κ2) is 6.78. The highest BCUT2D eigenvalue weighted by Crippen LogP contribution is 2.31. The molecule has 0 fully saturated rings. The lowest BCUT2D eigenvalue weighted by molar-refractivity contribution is -0.137. The molecule has 6 heteroatoms. The molecule has 1 aliphatic rings. The van der Waals surface area contributed by atoms with Gasteiger partial charge in [-0.2, -0.15) is 13.2 Å². The minimum atomic E-state index is -4.38. The third kappa shape index (κ3) is 4.38. The van der Waals surface area contributed by atoms with E-state index < -0.39 is 17.7 Å². The summed E-state index contributed by atoms with van der Waals surface area (Å²) in [6, 6.07) is 4.64. The summed E-state index contributed by atoms with van der Waals surface area (Å²) in [5.74, 6) is -1.06. The molecule has 0 radical (unpaired) electrons. The zero-order valence-electron chi connectivity index (χ0n) is 12.9. The van der Waals surface area contributed by atoms with Crippen molar-refractivity contribution >= 4 is 11.7 Å². The lowest BCUT2D eigenvalue weighted by atomic mass is 9.91. The highest BCUT2D eigenvalue weighted by molar-refractivity contribution is 5.81. The first kappa shape index (κ1) is 17.6. The number of hydrogen-bond donors (Lipinski definition) is 2. The van der Waals surface area contributed by atoms with Crippen molar-refractivity contribution in [2.24, 2.45) is 5.92 Å². The van der Waals surface area contributed by atoms with Crippen LogP contribution in [0.15, 0.2) is 72.0 Å². The van der Waals surface area contributed by atoms with E-state index in [1.54, 1.807) is 6.08 Å². The number of anilines is 1. The van der Waals surface area contributed by atoms with E-state index in [-0.39, 0.29) is 5.92 Å². The summed E-state index contributed by atoms with van der Waals surface area (Å²) in [5.41, 5.74) is 1.78. The Balaban J connectivity index is 2.25. The molecular weight excluding hydrogens is 319 g/mol. The zero-order valence-corrected chi connectivity index (χ0v) is 12.9. The summed E-state index contributed by atoms with van der Waals surface area (Å²) in [4.78, 5) is 10.7. The summed E-state index contributed by atoms with van der Waals surface area (Å²) >= 11 is 0. The maximum absolute atomic E-state index is 12.6. The van der Waals surface area contributed by atoms with E-state index in [4.69, 9.17) is 5.11 Å². The molecule has 2 rings (SSSR count). The zero-order chi connectivity index (χ0) is 17.9. The molecule has 3 nitrogen and oxygen atoms in total. The summed E-state index contributed by atoms with van der Waals surface area (Å²) in [6.45, 7) is 5.82. The Morgan fingerprint density at radius 2 is 1.92 bits per heavy atom. The SMILES string of the molecule is C=C1C=C(C=CC(=O)O)C(Nc2ccc(C(F)(F)F)cc2)=CC1C. The maximum Gasteiger partial charge on any atom is 0.416 e. The standard InChI is InChI=1S/C18H16F3NO2/c1-11-9-13(3-8-17(23)24)16(10-12(11)2)22-15-6-4-14(5-7-15)18(19,20)21/h3-10,12,22H,1H2,2H3,(H,23,24). The average molecular weight is 335 g/mol. The van der Waals surface area contributed by atoms with E-state index in [0.29, 0.717) is 17.0 Å². The topological polar surface area (TPSA) is 49.3 Å². The van der Waals surface area contributed by atoms with Crippen LogP contribution in [0, 0.1) is 5.92 Å². The number of allylic oxidation sites excluding steroid dienone is 4. The molecule has 0 heterocycles. The molecule has 0 aromatic heterocycles. The molecule has 126 valence electrons. The van der Waals surface area contributed by atoms with Crippen LogP contribution in [0.3, 0.4) is 0 Å². The lowest BCUT2D eigenvalue weighted by Gasteiger charge is -2.21. The maximum atomic E-state index is 12.6. The molecule has 1 aromatic rings. The molecule has 2 N–H and O–H groups in total. The quantitative estimate of drug-likeness (QED) is 0.779. The predicted molar refractivity (Wildman–Crippen MR) is 86.3 cm³/mol. The van der Waals surface area contributed by atoms with Crippen LogP contribution in [0.25, 0.3) is 0 Å². The number of aliphatic carboxylic acids is 1. The smallest absolute Gasteiger partial charge is 0.416 e. The number of nitrogens with one attached hydrogen (secondary N) is 1. The Labute approximate surface area is 137 Å². The molecule has 0 saturated heterocycles. The molecule has 0 bridgehead atoms. The minimum absolute atomic E-state index is 0.0314. The van der Waals surface area contributed by atoms with Crippen molar-refractivity contribution in [3.05, 3.63) is 77.6 Å². The molecule has 0 saturated carbocycles. The van der Waals surface area contributed by atoms with Gasteiger partial charge in [0.1, 0.15) is 0 Å². The molecule has 0 amide bonds. The third-order valence-electron chi connectivity index (χ3n) is 3.55. The second-order valence-electron chi connectivity index (χ2n) is 5.42. The van der Waals surface area contributed by atoms with Gasteiger partial charge < -0.3 is 10.4 Å².